The third kappa shape index (κ3) is 4.34. The van der Waals surface area contributed by atoms with Crippen molar-refractivity contribution in [3.05, 3.63) is 35.4 Å². The molecule has 1 amide bonds. The first kappa shape index (κ1) is 16.0. The maximum Gasteiger partial charge on any atom is 0.335 e. The standard InChI is InChI=1S/C19H25NO3/c21-18(12-14-6-8-16(9-7-14)19(22)23)20(17-10-11-17)13-15-4-2-1-3-5-15/h6-9,15,17H,1-5,10-13H2,(H,22,23). The number of hydrogen-bond acceptors (Lipinski definition) is 2. The predicted molar refractivity (Wildman–Crippen MR) is 88.4 cm³/mol. The number of carbonyl (C=O) groups is 2. The van der Waals surface area contributed by atoms with Crippen molar-refractivity contribution in [3.63, 3.8) is 0 Å². The predicted octanol–water partition coefficient (Wildman–Crippen LogP) is 3.50. The van der Waals surface area contributed by atoms with Crippen LogP contribution in [0.2, 0.25) is 0 Å². The number of carboxylic acids is 1. The summed E-state index contributed by atoms with van der Waals surface area (Å²) in [6.45, 7) is 0.913. The summed E-state index contributed by atoms with van der Waals surface area (Å²) in [5.41, 5.74) is 1.16. The number of carboxylic acid groups (broad SMARTS) is 1. The van der Waals surface area contributed by atoms with Crippen LogP contribution in [0, 0.1) is 5.92 Å². The van der Waals surface area contributed by atoms with Gasteiger partial charge in [0, 0.05) is 12.6 Å². The van der Waals surface area contributed by atoms with Crippen LogP contribution in [0.4, 0.5) is 0 Å². The number of aromatic carboxylic acids is 1. The molecule has 1 aromatic carbocycles. The number of hydrogen-bond donors (Lipinski definition) is 1. The van der Waals surface area contributed by atoms with E-state index in [1.165, 1.54) is 32.1 Å². The molecule has 124 valence electrons. The van der Waals surface area contributed by atoms with Crippen LogP contribution in [0.25, 0.3) is 0 Å². The molecule has 23 heavy (non-hydrogen) atoms. The minimum atomic E-state index is -0.931. The van der Waals surface area contributed by atoms with E-state index in [9.17, 15) is 9.59 Å². The molecule has 1 N–H and O–H groups in total. The van der Waals surface area contributed by atoms with E-state index in [-0.39, 0.29) is 11.5 Å². The van der Waals surface area contributed by atoms with Crippen molar-refractivity contribution in [1.82, 2.24) is 4.90 Å². The Kier molecular flexibility index (Phi) is 4.99. The molecule has 2 saturated carbocycles. The van der Waals surface area contributed by atoms with Crippen LogP contribution in [0.1, 0.15) is 60.9 Å². The van der Waals surface area contributed by atoms with Crippen molar-refractivity contribution in [1.29, 1.82) is 0 Å². The summed E-state index contributed by atoms with van der Waals surface area (Å²) in [4.78, 5) is 25.7. The normalized spacial score (nSPS) is 18.6. The molecule has 0 radical (unpaired) electrons. The van der Waals surface area contributed by atoms with Crippen molar-refractivity contribution in [2.24, 2.45) is 5.92 Å². The molecule has 0 bridgehead atoms. The molecular formula is C19H25NO3. The smallest absolute Gasteiger partial charge is 0.335 e. The van der Waals surface area contributed by atoms with Gasteiger partial charge in [-0.25, -0.2) is 4.79 Å². The van der Waals surface area contributed by atoms with Crippen LogP contribution in [0.15, 0.2) is 24.3 Å². The summed E-state index contributed by atoms with van der Waals surface area (Å²) >= 11 is 0. The number of carbonyl (C=O) groups excluding carboxylic acids is 1. The van der Waals surface area contributed by atoms with E-state index in [1.54, 1.807) is 24.3 Å². The second kappa shape index (κ2) is 7.16. The van der Waals surface area contributed by atoms with E-state index in [4.69, 9.17) is 5.11 Å². The SMILES string of the molecule is O=C(O)c1ccc(CC(=O)N(CC2CCCCC2)C2CC2)cc1. The molecule has 2 aliphatic carbocycles. The second-order valence-electron chi connectivity index (χ2n) is 6.96. The first-order chi connectivity index (χ1) is 11.1. The third-order valence-corrected chi connectivity index (χ3v) is 5.04. The number of rotatable bonds is 6. The quantitative estimate of drug-likeness (QED) is 0.874. The maximum absolute atomic E-state index is 12.7. The Labute approximate surface area is 137 Å². The van der Waals surface area contributed by atoms with E-state index in [2.05, 4.69) is 4.90 Å². The maximum atomic E-state index is 12.7. The van der Waals surface area contributed by atoms with Crippen LogP contribution in [-0.2, 0) is 11.2 Å². The van der Waals surface area contributed by atoms with Gasteiger partial charge >= 0.3 is 5.97 Å². The lowest BCUT2D eigenvalue weighted by molar-refractivity contribution is -0.131. The topological polar surface area (TPSA) is 57.6 Å². The summed E-state index contributed by atoms with van der Waals surface area (Å²) in [7, 11) is 0. The fraction of sp³-hybridized carbons (Fsp3) is 0.579. The first-order valence-electron chi connectivity index (χ1n) is 8.75. The van der Waals surface area contributed by atoms with Crippen molar-refractivity contribution in [2.75, 3.05) is 6.54 Å². The summed E-state index contributed by atoms with van der Waals surface area (Å²) in [5, 5.41) is 8.93. The Morgan fingerprint density at radius 1 is 1.00 bits per heavy atom. The van der Waals surface area contributed by atoms with Gasteiger partial charge in [-0.3, -0.25) is 4.79 Å². The van der Waals surface area contributed by atoms with Gasteiger partial charge in [0.25, 0.3) is 0 Å². The van der Waals surface area contributed by atoms with Gasteiger partial charge in [-0.2, -0.15) is 0 Å². The largest absolute Gasteiger partial charge is 0.478 e. The zero-order chi connectivity index (χ0) is 16.2. The molecule has 0 aromatic heterocycles. The Balaban J connectivity index is 1.60. The zero-order valence-corrected chi connectivity index (χ0v) is 13.5. The fourth-order valence-corrected chi connectivity index (χ4v) is 3.53. The van der Waals surface area contributed by atoms with Gasteiger partial charge in [0.2, 0.25) is 5.91 Å². The molecule has 3 rings (SSSR count). The van der Waals surface area contributed by atoms with Gasteiger partial charge in [-0.1, -0.05) is 31.4 Å². The lowest BCUT2D eigenvalue weighted by Crippen LogP contribution is -2.38. The summed E-state index contributed by atoms with van der Waals surface area (Å²) in [5.74, 6) is -0.0661. The first-order valence-corrected chi connectivity index (χ1v) is 8.75. The van der Waals surface area contributed by atoms with Crippen LogP contribution < -0.4 is 0 Å². The number of amides is 1. The van der Waals surface area contributed by atoms with Gasteiger partial charge in [-0.05, 0) is 49.3 Å². The van der Waals surface area contributed by atoms with Crippen LogP contribution in [-0.4, -0.2) is 34.5 Å². The van der Waals surface area contributed by atoms with E-state index < -0.39 is 5.97 Å². The van der Waals surface area contributed by atoms with Crippen LogP contribution >= 0.6 is 0 Å². The molecule has 0 unspecified atom stereocenters. The monoisotopic (exact) mass is 315 g/mol. The second-order valence-corrected chi connectivity index (χ2v) is 6.96. The Hall–Kier alpha value is -1.84. The average molecular weight is 315 g/mol. The average Bonchev–Trinajstić information content (AvgIpc) is 3.39. The lowest BCUT2D eigenvalue weighted by atomic mass is 9.89. The van der Waals surface area contributed by atoms with Gasteiger partial charge in [-0.15, -0.1) is 0 Å². The van der Waals surface area contributed by atoms with Crippen molar-refractivity contribution < 1.29 is 14.7 Å². The van der Waals surface area contributed by atoms with E-state index in [0.29, 0.717) is 18.4 Å². The highest BCUT2D eigenvalue weighted by atomic mass is 16.4. The van der Waals surface area contributed by atoms with Gasteiger partial charge < -0.3 is 10.0 Å². The number of nitrogens with zero attached hydrogens (tertiary/aromatic N) is 1. The summed E-state index contributed by atoms with van der Waals surface area (Å²) < 4.78 is 0. The molecule has 2 aliphatic rings. The highest BCUT2D eigenvalue weighted by molar-refractivity contribution is 5.87. The van der Waals surface area contributed by atoms with E-state index in [0.717, 1.165) is 24.9 Å². The van der Waals surface area contributed by atoms with Gasteiger partial charge in [0.1, 0.15) is 0 Å². The molecule has 4 heteroatoms. The van der Waals surface area contributed by atoms with Crippen molar-refractivity contribution in [3.8, 4) is 0 Å². The highest BCUT2D eigenvalue weighted by Gasteiger charge is 2.34. The molecule has 0 heterocycles. The molecule has 0 atom stereocenters. The minimum Gasteiger partial charge on any atom is -0.478 e. The molecule has 0 aliphatic heterocycles. The Bertz CT molecular complexity index is 556. The molecule has 0 saturated heterocycles. The molecular weight excluding hydrogens is 290 g/mol. The third-order valence-electron chi connectivity index (χ3n) is 5.04. The van der Waals surface area contributed by atoms with E-state index in [1.807, 2.05) is 0 Å². The summed E-state index contributed by atoms with van der Waals surface area (Å²) in [6.07, 6.45) is 9.09. The van der Waals surface area contributed by atoms with Crippen molar-refractivity contribution in [2.45, 2.75) is 57.4 Å². The Morgan fingerprint density at radius 2 is 1.65 bits per heavy atom. The molecule has 0 spiro atoms. The zero-order valence-electron chi connectivity index (χ0n) is 13.5. The molecule has 4 nitrogen and oxygen atoms in total. The van der Waals surface area contributed by atoms with Gasteiger partial charge in [0.15, 0.2) is 0 Å². The molecule has 2 fully saturated rings. The fourth-order valence-electron chi connectivity index (χ4n) is 3.53. The number of benzene rings is 1. The van der Waals surface area contributed by atoms with Gasteiger partial charge in [0.05, 0.1) is 12.0 Å². The minimum absolute atomic E-state index is 0.196. The molecule has 1 aromatic rings. The summed E-state index contributed by atoms with van der Waals surface area (Å²) in [6, 6.07) is 7.11. The van der Waals surface area contributed by atoms with E-state index >= 15 is 0 Å². The van der Waals surface area contributed by atoms with Crippen molar-refractivity contribution >= 4 is 11.9 Å². The van der Waals surface area contributed by atoms with Crippen LogP contribution in [0.3, 0.4) is 0 Å². The lowest BCUT2D eigenvalue weighted by Gasteiger charge is -2.30. The highest BCUT2D eigenvalue weighted by Crippen LogP contribution is 2.31. The Morgan fingerprint density at radius 3 is 2.22 bits per heavy atom. The van der Waals surface area contributed by atoms with Crippen LogP contribution in [0.5, 0.6) is 0 Å².